The van der Waals surface area contributed by atoms with Crippen molar-refractivity contribution in [3.63, 3.8) is 0 Å². The number of hydrogen-bond acceptors (Lipinski definition) is 4. The zero-order valence-corrected chi connectivity index (χ0v) is 15.1. The second-order valence-electron chi connectivity index (χ2n) is 6.10. The Hall–Kier alpha value is -4.00. The molecular weight excluding hydrogens is 377 g/mol. The molecule has 3 aromatic rings. The van der Waals surface area contributed by atoms with E-state index in [0.29, 0.717) is 5.75 Å². The minimum absolute atomic E-state index is 0.00112. The van der Waals surface area contributed by atoms with Crippen molar-refractivity contribution in [1.82, 2.24) is 0 Å². The maximum Gasteiger partial charge on any atom is 0.336 e. The first kappa shape index (κ1) is 19.8. The monoisotopic (exact) mass is 393 g/mol. The Balaban J connectivity index is 2.01. The van der Waals surface area contributed by atoms with Gasteiger partial charge in [-0.15, -0.1) is 0 Å². The highest BCUT2D eigenvalue weighted by molar-refractivity contribution is 6.21. The lowest BCUT2D eigenvalue weighted by Crippen LogP contribution is -2.03. The van der Waals surface area contributed by atoms with E-state index in [9.17, 15) is 24.4 Å². The predicted molar refractivity (Wildman–Crippen MR) is 106 cm³/mol. The van der Waals surface area contributed by atoms with Crippen molar-refractivity contribution in [2.75, 3.05) is 0 Å². The highest BCUT2D eigenvalue weighted by Crippen LogP contribution is 2.30. The minimum atomic E-state index is -1.40. The van der Waals surface area contributed by atoms with Crippen LogP contribution in [0.1, 0.15) is 16.7 Å². The number of ether oxygens (including phenoxy) is 1. The quantitative estimate of drug-likeness (QED) is 0.266. The molecule has 6 nitrogen and oxygen atoms in total. The fraction of sp³-hybridized carbons (Fsp3) is 0.0455. The molecule has 0 unspecified atom stereocenters. The van der Waals surface area contributed by atoms with Gasteiger partial charge < -0.3 is 9.84 Å². The molecule has 0 amide bonds. The van der Waals surface area contributed by atoms with E-state index in [2.05, 4.69) is 0 Å². The number of benzene rings is 3. The van der Waals surface area contributed by atoms with Crippen molar-refractivity contribution in [2.24, 2.45) is 0 Å². The Kier molecular flexibility index (Phi) is 5.99. The van der Waals surface area contributed by atoms with Gasteiger partial charge in [0.1, 0.15) is 18.2 Å². The first-order chi connectivity index (χ1) is 14.0. The summed E-state index contributed by atoms with van der Waals surface area (Å²) in [7, 11) is 0. The van der Waals surface area contributed by atoms with Crippen molar-refractivity contribution in [2.45, 2.75) is 6.61 Å². The number of carboxylic acid groups (broad SMARTS) is 1. The molecule has 0 fully saturated rings. The minimum Gasteiger partial charge on any atom is -0.489 e. The zero-order chi connectivity index (χ0) is 20.8. The van der Waals surface area contributed by atoms with E-state index >= 15 is 0 Å². The maximum absolute atomic E-state index is 14.1. The Morgan fingerprint density at radius 2 is 1.76 bits per heavy atom. The van der Waals surface area contributed by atoms with Gasteiger partial charge in [-0.05, 0) is 29.8 Å². The summed E-state index contributed by atoms with van der Waals surface area (Å²) < 4.78 is 19.8. The Labute approximate surface area is 165 Å². The Morgan fingerprint density at radius 3 is 2.41 bits per heavy atom. The smallest absolute Gasteiger partial charge is 0.336 e. The number of halogens is 1. The van der Waals surface area contributed by atoms with Crippen LogP contribution in [0, 0.1) is 15.9 Å². The number of carboxylic acids is 1. The third-order valence-electron chi connectivity index (χ3n) is 4.14. The standard InChI is InChI=1S/C22H16FNO5/c23-20-9-5-4-8-18(20)19(22(25)26)13-16-12-17(10-11-21(16)24(27)28)29-14-15-6-2-1-3-7-15/h1-13H,14H2,(H,25,26). The maximum atomic E-state index is 14.1. The summed E-state index contributed by atoms with van der Waals surface area (Å²) >= 11 is 0. The highest BCUT2D eigenvalue weighted by Gasteiger charge is 2.19. The Bertz CT molecular complexity index is 1080. The second-order valence-corrected chi connectivity index (χ2v) is 6.10. The van der Waals surface area contributed by atoms with E-state index < -0.39 is 22.3 Å². The highest BCUT2D eigenvalue weighted by atomic mass is 19.1. The van der Waals surface area contributed by atoms with E-state index in [0.717, 1.165) is 17.7 Å². The number of rotatable bonds is 7. The number of nitro groups is 1. The number of hydrogen-bond donors (Lipinski definition) is 1. The lowest BCUT2D eigenvalue weighted by Gasteiger charge is -2.09. The second kappa shape index (κ2) is 8.79. The molecule has 7 heteroatoms. The van der Waals surface area contributed by atoms with Gasteiger partial charge in [0, 0.05) is 11.6 Å². The fourth-order valence-corrected chi connectivity index (χ4v) is 2.73. The molecule has 29 heavy (non-hydrogen) atoms. The van der Waals surface area contributed by atoms with Gasteiger partial charge in [-0.3, -0.25) is 10.1 Å². The van der Waals surface area contributed by atoms with Crippen LogP contribution in [0.3, 0.4) is 0 Å². The van der Waals surface area contributed by atoms with Crippen molar-refractivity contribution in [1.29, 1.82) is 0 Å². The van der Waals surface area contributed by atoms with Gasteiger partial charge in [-0.1, -0.05) is 48.5 Å². The molecule has 0 aromatic heterocycles. The lowest BCUT2D eigenvalue weighted by molar-refractivity contribution is -0.385. The molecule has 3 rings (SSSR count). The van der Waals surface area contributed by atoms with Crippen molar-refractivity contribution >= 4 is 23.3 Å². The molecule has 3 aromatic carbocycles. The molecule has 0 aliphatic heterocycles. The van der Waals surface area contributed by atoms with Crippen LogP contribution in [0.5, 0.6) is 5.75 Å². The van der Waals surface area contributed by atoms with E-state index in [1.165, 1.54) is 36.4 Å². The molecular formula is C22H16FNO5. The summed E-state index contributed by atoms with van der Waals surface area (Å²) in [5.41, 5.74) is 0.0326. The third kappa shape index (κ3) is 4.84. The first-order valence-corrected chi connectivity index (χ1v) is 8.61. The Morgan fingerprint density at radius 1 is 1.07 bits per heavy atom. The predicted octanol–water partition coefficient (Wildman–Crippen LogP) is 4.94. The number of nitrogens with zero attached hydrogens (tertiary/aromatic N) is 1. The van der Waals surface area contributed by atoms with Crippen LogP contribution in [-0.2, 0) is 11.4 Å². The van der Waals surface area contributed by atoms with Gasteiger partial charge >= 0.3 is 5.97 Å². The molecule has 0 atom stereocenters. The zero-order valence-electron chi connectivity index (χ0n) is 15.1. The molecule has 0 saturated carbocycles. The topological polar surface area (TPSA) is 89.7 Å². The molecule has 0 aliphatic carbocycles. The lowest BCUT2D eigenvalue weighted by atomic mass is 10.0. The van der Waals surface area contributed by atoms with Crippen LogP contribution >= 0.6 is 0 Å². The van der Waals surface area contributed by atoms with E-state index in [4.69, 9.17) is 4.74 Å². The number of aliphatic carboxylic acids is 1. The van der Waals surface area contributed by atoms with E-state index in [-0.39, 0.29) is 23.4 Å². The molecule has 0 heterocycles. The van der Waals surface area contributed by atoms with Crippen LogP contribution in [0.4, 0.5) is 10.1 Å². The van der Waals surface area contributed by atoms with Gasteiger partial charge in [0.15, 0.2) is 0 Å². The normalized spacial score (nSPS) is 11.1. The number of nitro benzene ring substituents is 1. The van der Waals surface area contributed by atoms with Crippen LogP contribution < -0.4 is 4.74 Å². The number of carbonyl (C=O) groups is 1. The summed E-state index contributed by atoms with van der Waals surface area (Å²) in [6, 6.07) is 18.7. The molecule has 146 valence electrons. The van der Waals surface area contributed by atoms with Crippen LogP contribution in [0.15, 0.2) is 72.8 Å². The van der Waals surface area contributed by atoms with Crippen LogP contribution in [-0.4, -0.2) is 16.0 Å². The molecule has 0 bridgehead atoms. The largest absolute Gasteiger partial charge is 0.489 e. The van der Waals surface area contributed by atoms with Gasteiger partial charge in [-0.25, -0.2) is 9.18 Å². The summed E-state index contributed by atoms with van der Waals surface area (Å²) in [4.78, 5) is 22.4. The molecule has 1 N–H and O–H groups in total. The summed E-state index contributed by atoms with van der Waals surface area (Å²) in [6.07, 6.45) is 1.08. The fourth-order valence-electron chi connectivity index (χ4n) is 2.73. The van der Waals surface area contributed by atoms with Gasteiger partial charge in [0.05, 0.1) is 16.1 Å². The summed E-state index contributed by atoms with van der Waals surface area (Å²) in [5.74, 6) is -1.82. The van der Waals surface area contributed by atoms with Gasteiger partial charge in [0.25, 0.3) is 5.69 Å². The van der Waals surface area contributed by atoms with Crippen molar-refractivity contribution in [3.8, 4) is 5.75 Å². The van der Waals surface area contributed by atoms with Crippen LogP contribution in [0.2, 0.25) is 0 Å². The molecule has 0 spiro atoms. The van der Waals surface area contributed by atoms with E-state index in [1.807, 2.05) is 30.3 Å². The molecule has 0 saturated heterocycles. The van der Waals surface area contributed by atoms with E-state index in [1.54, 1.807) is 0 Å². The summed E-state index contributed by atoms with van der Waals surface area (Å²) in [6.45, 7) is 0.237. The van der Waals surface area contributed by atoms with Gasteiger partial charge in [-0.2, -0.15) is 0 Å². The summed E-state index contributed by atoms with van der Waals surface area (Å²) in [5, 5.41) is 20.9. The first-order valence-electron chi connectivity index (χ1n) is 8.61. The average Bonchev–Trinajstić information content (AvgIpc) is 2.71. The van der Waals surface area contributed by atoms with Crippen LogP contribution in [0.25, 0.3) is 11.6 Å². The molecule has 0 radical (unpaired) electrons. The molecule has 0 aliphatic rings. The third-order valence-corrected chi connectivity index (χ3v) is 4.14. The SMILES string of the molecule is O=C(O)C(=Cc1cc(OCc2ccccc2)ccc1[N+](=O)[O-])c1ccccc1F. The van der Waals surface area contributed by atoms with Crippen molar-refractivity contribution < 1.29 is 24.0 Å². The average molecular weight is 393 g/mol. The van der Waals surface area contributed by atoms with Gasteiger partial charge in [0.2, 0.25) is 0 Å². The van der Waals surface area contributed by atoms with Crippen molar-refractivity contribution in [3.05, 3.63) is 105 Å².